The first kappa shape index (κ1) is 7.92. The maximum atomic E-state index is 11.6. The Kier molecular flexibility index (Phi) is 1.58. The van der Waals surface area contributed by atoms with Gasteiger partial charge in [-0.3, -0.25) is 9.19 Å². The van der Waals surface area contributed by atoms with Crippen molar-refractivity contribution in [2.24, 2.45) is 0 Å². The molecule has 0 bridgehead atoms. The summed E-state index contributed by atoms with van der Waals surface area (Å²) in [5.41, 5.74) is 1.25. The topological polar surface area (TPSA) is 30.0 Å². The summed E-state index contributed by atoms with van der Waals surface area (Å²) in [5.74, 6) is 0.730. The third-order valence-corrected chi connectivity index (χ3v) is 4.05. The van der Waals surface area contributed by atoms with Gasteiger partial charge in [0.2, 0.25) is 0 Å². The molecule has 1 aromatic heterocycles. The normalized spacial score (nSPS) is 25.3. The molecule has 0 fully saturated rings. The van der Waals surface area contributed by atoms with Crippen LogP contribution in [0.15, 0.2) is 23.4 Å². The van der Waals surface area contributed by atoms with Crippen LogP contribution in [0.5, 0.6) is 0 Å². The molecule has 1 aliphatic rings. The van der Waals surface area contributed by atoms with Gasteiger partial charge in [-0.1, -0.05) is 13.8 Å². The van der Waals surface area contributed by atoms with E-state index < -0.39 is 10.8 Å². The molecule has 3 heteroatoms. The Morgan fingerprint density at radius 1 is 1.58 bits per heavy atom. The summed E-state index contributed by atoms with van der Waals surface area (Å²) in [6.07, 6.45) is 3.49. The molecule has 2 heterocycles. The molecule has 1 unspecified atom stereocenters. The van der Waals surface area contributed by atoms with E-state index in [1.165, 1.54) is 5.56 Å². The van der Waals surface area contributed by atoms with Gasteiger partial charge in [0.1, 0.15) is 0 Å². The lowest BCUT2D eigenvalue weighted by atomic mass is 9.88. The summed E-state index contributed by atoms with van der Waals surface area (Å²) in [4.78, 5) is 4.90. The van der Waals surface area contributed by atoms with Crippen molar-refractivity contribution in [2.75, 3.05) is 5.75 Å². The molecule has 0 radical (unpaired) electrons. The Morgan fingerprint density at radius 2 is 2.33 bits per heavy atom. The van der Waals surface area contributed by atoms with Crippen molar-refractivity contribution in [3.8, 4) is 0 Å². The van der Waals surface area contributed by atoms with Crippen molar-refractivity contribution >= 4 is 10.8 Å². The molecule has 0 aliphatic carbocycles. The van der Waals surface area contributed by atoms with Crippen molar-refractivity contribution in [2.45, 2.75) is 24.2 Å². The van der Waals surface area contributed by atoms with Gasteiger partial charge in [0.15, 0.2) is 0 Å². The first-order chi connectivity index (χ1) is 5.61. The van der Waals surface area contributed by atoms with Crippen LogP contribution < -0.4 is 0 Å². The van der Waals surface area contributed by atoms with Gasteiger partial charge in [-0.2, -0.15) is 0 Å². The Morgan fingerprint density at radius 3 is 3.00 bits per heavy atom. The number of pyridine rings is 1. The number of aromatic nitrogens is 1. The van der Waals surface area contributed by atoms with Crippen LogP contribution in [0.4, 0.5) is 0 Å². The van der Waals surface area contributed by atoms with Gasteiger partial charge in [-0.15, -0.1) is 0 Å². The summed E-state index contributed by atoms with van der Waals surface area (Å²) in [7, 11) is -0.830. The number of fused-ring (bicyclic) bond motifs is 1. The van der Waals surface area contributed by atoms with Gasteiger partial charge in [0.05, 0.1) is 15.7 Å². The summed E-state index contributed by atoms with van der Waals surface area (Å²) in [5, 5.41) is 0. The fraction of sp³-hybridized carbons (Fsp3) is 0.444. The zero-order chi connectivity index (χ0) is 8.77. The summed E-state index contributed by atoms with van der Waals surface area (Å²) >= 11 is 0. The average molecular weight is 181 g/mol. The molecule has 1 aliphatic heterocycles. The zero-order valence-corrected chi connectivity index (χ0v) is 8.02. The van der Waals surface area contributed by atoms with Crippen LogP contribution in [-0.2, 0) is 16.2 Å². The molecule has 1 atom stereocenters. The Balaban J connectivity index is 2.66. The molecule has 0 N–H and O–H groups in total. The van der Waals surface area contributed by atoms with Crippen molar-refractivity contribution in [1.82, 2.24) is 4.98 Å². The van der Waals surface area contributed by atoms with E-state index in [9.17, 15) is 4.21 Å². The van der Waals surface area contributed by atoms with Gasteiger partial charge in [0, 0.05) is 23.6 Å². The van der Waals surface area contributed by atoms with E-state index in [-0.39, 0.29) is 5.41 Å². The SMILES string of the molecule is CC1(C)CS(=O)c2cnccc21. The molecule has 1 aromatic rings. The molecule has 2 rings (SSSR count). The summed E-state index contributed by atoms with van der Waals surface area (Å²) < 4.78 is 11.6. The quantitative estimate of drug-likeness (QED) is 0.607. The van der Waals surface area contributed by atoms with Crippen LogP contribution in [0.1, 0.15) is 19.4 Å². The van der Waals surface area contributed by atoms with Crippen molar-refractivity contribution < 1.29 is 4.21 Å². The smallest absolute Gasteiger partial charge is 0.0609 e. The second kappa shape index (κ2) is 2.39. The average Bonchev–Trinajstić information content (AvgIpc) is 2.25. The third kappa shape index (κ3) is 1.00. The molecule has 64 valence electrons. The van der Waals surface area contributed by atoms with E-state index in [1.54, 1.807) is 12.4 Å². The lowest BCUT2D eigenvalue weighted by Crippen LogP contribution is -2.17. The predicted molar refractivity (Wildman–Crippen MR) is 48.5 cm³/mol. The number of rotatable bonds is 0. The van der Waals surface area contributed by atoms with Crippen LogP contribution >= 0.6 is 0 Å². The van der Waals surface area contributed by atoms with Gasteiger partial charge in [-0.25, -0.2) is 0 Å². The van der Waals surface area contributed by atoms with Crippen LogP contribution in [0.25, 0.3) is 0 Å². The number of hydrogen-bond acceptors (Lipinski definition) is 2. The molecule has 0 spiro atoms. The molecular formula is C9H11NOS. The van der Waals surface area contributed by atoms with Crippen LogP contribution in [0.2, 0.25) is 0 Å². The Labute approximate surface area is 74.5 Å². The minimum Gasteiger partial charge on any atom is -0.263 e. The van der Waals surface area contributed by atoms with E-state index >= 15 is 0 Å². The van der Waals surface area contributed by atoms with Gasteiger partial charge >= 0.3 is 0 Å². The lowest BCUT2D eigenvalue weighted by molar-refractivity contribution is 0.598. The van der Waals surface area contributed by atoms with Gasteiger partial charge in [0.25, 0.3) is 0 Å². The summed E-state index contributed by atoms with van der Waals surface area (Å²) in [6, 6.07) is 1.97. The van der Waals surface area contributed by atoms with Crippen molar-refractivity contribution in [3.63, 3.8) is 0 Å². The molecular weight excluding hydrogens is 170 g/mol. The van der Waals surface area contributed by atoms with Crippen molar-refractivity contribution in [3.05, 3.63) is 24.0 Å². The fourth-order valence-corrected chi connectivity index (χ4v) is 3.34. The highest BCUT2D eigenvalue weighted by atomic mass is 32.2. The van der Waals surface area contributed by atoms with Crippen LogP contribution in [-0.4, -0.2) is 14.9 Å². The van der Waals surface area contributed by atoms with Gasteiger partial charge in [-0.05, 0) is 11.6 Å². The molecule has 0 saturated carbocycles. The minimum absolute atomic E-state index is 0.0587. The second-order valence-corrected chi connectivity index (χ2v) is 5.17. The maximum absolute atomic E-state index is 11.6. The largest absolute Gasteiger partial charge is 0.263 e. The molecule has 0 aromatic carbocycles. The van der Waals surface area contributed by atoms with E-state index in [1.807, 2.05) is 6.07 Å². The summed E-state index contributed by atoms with van der Waals surface area (Å²) in [6.45, 7) is 4.24. The molecule has 0 amide bonds. The number of nitrogens with zero attached hydrogens (tertiary/aromatic N) is 1. The second-order valence-electron chi connectivity index (χ2n) is 3.75. The monoisotopic (exact) mass is 181 g/mol. The Bertz CT molecular complexity index is 346. The molecule has 2 nitrogen and oxygen atoms in total. The predicted octanol–water partition coefficient (Wildman–Crippen LogP) is 1.48. The van der Waals surface area contributed by atoms with Crippen molar-refractivity contribution in [1.29, 1.82) is 0 Å². The molecule has 12 heavy (non-hydrogen) atoms. The highest BCUT2D eigenvalue weighted by Crippen LogP contribution is 2.36. The van der Waals surface area contributed by atoms with Crippen LogP contribution in [0, 0.1) is 0 Å². The third-order valence-electron chi connectivity index (χ3n) is 2.25. The van der Waals surface area contributed by atoms with E-state index in [4.69, 9.17) is 0 Å². The highest BCUT2D eigenvalue weighted by molar-refractivity contribution is 7.85. The first-order valence-corrected chi connectivity index (χ1v) is 5.26. The van der Waals surface area contributed by atoms with E-state index in [0.29, 0.717) is 0 Å². The van der Waals surface area contributed by atoms with Gasteiger partial charge < -0.3 is 0 Å². The fourth-order valence-electron chi connectivity index (χ4n) is 1.60. The zero-order valence-electron chi connectivity index (χ0n) is 7.20. The van der Waals surface area contributed by atoms with E-state index in [0.717, 1.165) is 10.6 Å². The minimum atomic E-state index is -0.830. The highest BCUT2D eigenvalue weighted by Gasteiger charge is 2.34. The van der Waals surface area contributed by atoms with E-state index in [2.05, 4.69) is 18.8 Å². The Hall–Kier alpha value is -0.700. The standard InChI is InChI=1S/C9H11NOS/c1-9(2)6-12(11)8-5-10-4-3-7(8)9/h3-5H,6H2,1-2H3. The first-order valence-electron chi connectivity index (χ1n) is 3.94. The molecule has 0 saturated heterocycles. The number of hydrogen-bond donors (Lipinski definition) is 0. The lowest BCUT2D eigenvalue weighted by Gasteiger charge is -2.16. The maximum Gasteiger partial charge on any atom is 0.0609 e. The van der Waals surface area contributed by atoms with Crippen LogP contribution in [0.3, 0.4) is 0 Å².